The first-order valence-electron chi connectivity index (χ1n) is 10.4. The Bertz CT molecular complexity index is 1210. The summed E-state index contributed by atoms with van der Waals surface area (Å²) in [6.07, 6.45) is 0.618. The molecule has 3 N–H and O–H groups in total. The number of Topliss-reactive ketones (excluding diaryl/α,β-unsaturated/α-hetero) is 1. The van der Waals surface area contributed by atoms with Crippen LogP contribution < -0.4 is 20.9 Å². The Labute approximate surface area is 183 Å². The van der Waals surface area contributed by atoms with Crippen LogP contribution in [0.4, 0.5) is 4.39 Å². The molecule has 3 atom stereocenters. The molecule has 0 bridgehead atoms. The van der Waals surface area contributed by atoms with Crippen LogP contribution in [0.1, 0.15) is 30.3 Å². The second kappa shape index (κ2) is 9.27. The molecule has 0 spiro atoms. The Kier molecular flexibility index (Phi) is 6.27. The van der Waals surface area contributed by atoms with Crippen LogP contribution >= 0.6 is 0 Å². The molecule has 1 aliphatic rings. The Morgan fingerprint density at radius 3 is 2.75 bits per heavy atom. The molecule has 2 unspecified atom stereocenters. The van der Waals surface area contributed by atoms with E-state index >= 15 is 0 Å². The number of ketones is 1. The molecule has 9 heteroatoms. The number of nitrogens with one attached hydrogen (secondary N) is 3. The fourth-order valence-corrected chi connectivity index (χ4v) is 3.75. The van der Waals surface area contributed by atoms with E-state index in [9.17, 15) is 18.8 Å². The molecule has 1 saturated heterocycles. The van der Waals surface area contributed by atoms with Gasteiger partial charge < -0.3 is 20.4 Å². The molecule has 1 amide bonds. The topological polar surface area (TPSA) is 113 Å². The van der Waals surface area contributed by atoms with Gasteiger partial charge in [0.1, 0.15) is 6.10 Å². The molecule has 32 heavy (non-hydrogen) atoms. The number of carbonyl (C=O) groups excluding carboxylic acids is 2. The van der Waals surface area contributed by atoms with E-state index in [0.717, 1.165) is 0 Å². The highest BCUT2D eigenvalue weighted by atomic mass is 19.1. The number of amides is 1. The minimum Gasteiger partial charge on any atom is -0.487 e. The van der Waals surface area contributed by atoms with E-state index in [-0.39, 0.29) is 23.3 Å². The van der Waals surface area contributed by atoms with Crippen molar-refractivity contribution >= 4 is 22.7 Å². The first kappa shape index (κ1) is 21.6. The highest BCUT2D eigenvalue weighted by molar-refractivity contribution is 5.98. The zero-order chi connectivity index (χ0) is 22.7. The Balaban J connectivity index is 1.41. The van der Waals surface area contributed by atoms with Gasteiger partial charge in [-0.1, -0.05) is 24.3 Å². The zero-order valence-electron chi connectivity index (χ0n) is 17.4. The van der Waals surface area contributed by atoms with Crippen LogP contribution in [-0.2, 0) is 4.79 Å². The third-order valence-electron chi connectivity index (χ3n) is 5.42. The van der Waals surface area contributed by atoms with E-state index in [2.05, 4.69) is 20.6 Å². The summed E-state index contributed by atoms with van der Waals surface area (Å²) >= 11 is 0. The van der Waals surface area contributed by atoms with Crippen molar-refractivity contribution in [1.82, 2.24) is 20.6 Å². The Morgan fingerprint density at radius 2 is 1.94 bits per heavy atom. The number of halogens is 1. The maximum Gasteiger partial charge on any atom is 0.280 e. The number of H-pyrrole nitrogens is 1. The van der Waals surface area contributed by atoms with Crippen LogP contribution in [-0.4, -0.2) is 46.4 Å². The van der Waals surface area contributed by atoms with E-state index in [0.29, 0.717) is 30.4 Å². The van der Waals surface area contributed by atoms with E-state index in [1.807, 2.05) is 0 Å². The van der Waals surface area contributed by atoms with Gasteiger partial charge in [0.2, 0.25) is 0 Å². The van der Waals surface area contributed by atoms with Crippen molar-refractivity contribution in [2.75, 3.05) is 6.54 Å². The van der Waals surface area contributed by atoms with Gasteiger partial charge in [-0.25, -0.2) is 9.37 Å². The monoisotopic (exact) mass is 438 g/mol. The summed E-state index contributed by atoms with van der Waals surface area (Å²) in [5, 5.41) is 5.68. The molecule has 2 aromatic carbocycles. The molecular weight excluding hydrogens is 415 g/mol. The average Bonchev–Trinajstić information content (AvgIpc) is 2.79. The molecule has 8 nitrogen and oxygen atoms in total. The van der Waals surface area contributed by atoms with Crippen molar-refractivity contribution in [3.63, 3.8) is 0 Å². The molecule has 1 aliphatic heterocycles. The fourth-order valence-electron chi connectivity index (χ4n) is 3.75. The lowest BCUT2D eigenvalue weighted by Crippen LogP contribution is -2.53. The number of aromatic amines is 1. The van der Waals surface area contributed by atoms with Crippen LogP contribution in [0.5, 0.6) is 5.75 Å². The maximum atomic E-state index is 13.9. The number of rotatable bonds is 6. The number of para-hydroxylation sites is 3. The standard InChI is InChI=1S/C23H23FN4O4/c1-13(26-22(30)20-23(31)28-17-8-4-3-7-16(17)27-20)21(29)18-12-14(10-11-25-18)32-19-9-5-2-6-15(19)24/h2-9,13-14,18,25H,10-12H2,1H3,(H,26,30)(H,28,31)/t13-,14?,18?/m0/s1. The molecular formula is C23H23FN4O4. The molecule has 1 aromatic heterocycles. The summed E-state index contributed by atoms with van der Waals surface area (Å²) in [5.41, 5.74) is 0.0551. The number of benzene rings is 2. The van der Waals surface area contributed by atoms with Gasteiger partial charge in [0.25, 0.3) is 11.5 Å². The minimum absolute atomic E-state index is 0.147. The average molecular weight is 438 g/mol. The first-order chi connectivity index (χ1) is 15.4. The molecule has 2 heterocycles. The highest BCUT2D eigenvalue weighted by Gasteiger charge is 2.32. The van der Waals surface area contributed by atoms with Crippen molar-refractivity contribution in [3.8, 4) is 5.75 Å². The molecule has 4 rings (SSSR count). The molecule has 0 radical (unpaired) electrons. The van der Waals surface area contributed by atoms with E-state index in [1.165, 1.54) is 6.07 Å². The molecule has 1 fully saturated rings. The van der Waals surface area contributed by atoms with Gasteiger partial charge in [0.05, 0.1) is 23.1 Å². The number of aromatic nitrogens is 2. The predicted molar refractivity (Wildman–Crippen MR) is 116 cm³/mol. The lowest BCUT2D eigenvalue weighted by atomic mass is 9.95. The first-order valence-corrected chi connectivity index (χ1v) is 10.4. The Morgan fingerprint density at radius 1 is 1.19 bits per heavy atom. The van der Waals surface area contributed by atoms with E-state index in [4.69, 9.17) is 4.74 Å². The molecule has 3 aromatic rings. The highest BCUT2D eigenvalue weighted by Crippen LogP contribution is 2.22. The van der Waals surface area contributed by atoms with Crippen LogP contribution in [0.25, 0.3) is 11.0 Å². The van der Waals surface area contributed by atoms with Gasteiger partial charge in [-0.05, 0) is 44.2 Å². The second-order valence-corrected chi connectivity index (χ2v) is 7.73. The van der Waals surface area contributed by atoms with E-state index in [1.54, 1.807) is 49.4 Å². The molecule has 166 valence electrons. The van der Waals surface area contributed by atoms with Gasteiger partial charge in [0.15, 0.2) is 23.0 Å². The lowest BCUT2D eigenvalue weighted by molar-refractivity contribution is -0.123. The zero-order valence-corrected chi connectivity index (χ0v) is 17.4. The van der Waals surface area contributed by atoms with Gasteiger partial charge in [-0.3, -0.25) is 14.4 Å². The quantitative estimate of drug-likeness (QED) is 0.542. The SMILES string of the molecule is C[C@H](NC(=O)c1nc2ccccc2[nH]c1=O)C(=O)C1CC(Oc2ccccc2F)CCN1. The summed E-state index contributed by atoms with van der Waals surface area (Å²) < 4.78 is 19.6. The largest absolute Gasteiger partial charge is 0.487 e. The van der Waals surface area contributed by atoms with Crippen LogP contribution in [0.2, 0.25) is 0 Å². The summed E-state index contributed by atoms with van der Waals surface area (Å²) in [5.74, 6) is -1.29. The van der Waals surface area contributed by atoms with Crippen molar-refractivity contribution in [3.05, 3.63) is 70.4 Å². The third-order valence-corrected chi connectivity index (χ3v) is 5.42. The summed E-state index contributed by atoms with van der Waals surface area (Å²) in [6, 6.07) is 11.6. The van der Waals surface area contributed by atoms with Gasteiger partial charge in [-0.2, -0.15) is 0 Å². The maximum absolute atomic E-state index is 13.9. The lowest BCUT2D eigenvalue weighted by Gasteiger charge is -2.31. The Hall–Kier alpha value is -3.59. The number of fused-ring (bicyclic) bond motifs is 1. The number of piperidine rings is 1. The number of hydrogen-bond acceptors (Lipinski definition) is 6. The number of hydrogen-bond donors (Lipinski definition) is 3. The third kappa shape index (κ3) is 4.67. The van der Waals surface area contributed by atoms with Crippen molar-refractivity contribution < 1.29 is 18.7 Å². The van der Waals surface area contributed by atoms with E-state index < -0.39 is 29.4 Å². The summed E-state index contributed by atoms with van der Waals surface area (Å²) in [7, 11) is 0. The summed E-state index contributed by atoms with van der Waals surface area (Å²) in [6.45, 7) is 2.07. The van der Waals surface area contributed by atoms with Gasteiger partial charge in [-0.15, -0.1) is 0 Å². The number of nitrogens with zero attached hydrogens (tertiary/aromatic N) is 1. The number of carbonyl (C=O) groups is 2. The minimum atomic E-state index is -0.861. The fraction of sp³-hybridized carbons (Fsp3) is 0.304. The van der Waals surface area contributed by atoms with Crippen LogP contribution in [0.15, 0.2) is 53.3 Å². The number of ether oxygens (including phenoxy) is 1. The second-order valence-electron chi connectivity index (χ2n) is 7.73. The van der Waals surface area contributed by atoms with Crippen molar-refractivity contribution in [2.24, 2.45) is 0 Å². The molecule has 0 aliphatic carbocycles. The van der Waals surface area contributed by atoms with Crippen molar-refractivity contribution in [2.45, 2.75) is 38.0 Å². The van der Waals surface area contributed by atoms with Crippen molar-refractivity contribution in [1.29, 1.82) is 0 Å². The van der Waals surface area contributed by atoms with Gasteiger partial charge >= 0.3 is 0 Å². The normalized spacial score (nSPS) is 19.3. The predicted octanol–water partition coefficient (Wildman–Crippen LogP) is 1.95. The summed E-state index contributed by atoms with van der Waals surface area (Å²) in [4.78, 5) is 44.5. The smallest absolute Gasteiger partial charge is 0.280 e. The molecule has 0 saturated carbocycles. The van der Waals surface area contributed by atoms with Crippen LogP contribution in [0.3, 0.4) is 0 Å². The van der Waals surface area contributed by atoms with Crippen LogP contribution in [0, 0.1) is 5.82 Å². The van der Waals surface area contributed by atoms with Gasteiger partial charge in [0, 0.05) is 6.42 Å².